The first kappa shape index (κ1) is 14.8. The maximum atomic E-state index is 12.9. The number of fused-ring (bicyclic) bond motifs is 4. The Balaban J connectivity index is 2.00. The third-order valence-corrected chi connectivity index (χ3v) is 4.86. The summed E-state index contributed by atoms with van der Waals surface area (Å²) in [5, 5.41) is 2.06. The number of hydrogen-bond donors (Lipinski definition) is 2. The Labute approximate surface area is 147 Å². The number of pyridine rings is 3. The van der Waals surface area contributed by atoms with Gasteiger partial charge in [0.2, 0.25) is 0 Å². The van der Waals surface area contributed by atoms with Gasteiger partial charge in [-0.15, -0.1) is 0 Å². The molecule has 126 valence electrons. The summed E-state index contributed by atoms with van der Waals surface area (Å²) in [6.45, 7) is 3.89. The number of aryl methyl sites for hydroxylation is 2. The molecule has 2 N–H and O–H groups in total. The number of aromatic amines is 2. The minimum atomic E-state index is -0.115. The molecule has 5 rings (SSSR count). The minimum absolute atomic E-state index is 0.115. The topological polar surface area (TPSA) is 78.6 Å². The van der Waals surface area contributed by atoms with Gasteiger partial charge in [0.1, 0.15) is 11.3 Å². The van der Waals surface area contributed by atoms with E-state index in [1.807, 2.05) is 50.2 Å². The van der Waals surface area contributed by atoms with Gasteiger partial charge in [-0.05, 0) is 44.2 Å². The lowest BCUT2D eigenvalue weighted by molar-refractivity contribution is 1.31. The summed E-state index contributed by atoms with van der Waals surface area (Å²) in [5.74, 6) is 0. The first-order chi connectivity index (χ1) is 12.5. The molecule has 5 heteroatoms. The molecule has 0 fully saturated rings. The highest BCUT2D eigenvalue weighted by Gasteiger charge is 2.12. The SMILES string of the molecule is Cc1ccc2[nH]c3nc4[nH]c5ccc(C)cc5c(=O)c4cc3c(=O)c2c1. The van der Waals surface area contributed by atoms with Crippen molar-refractivity contribution in [3.05, 3.63) is 74.0 Å². The number of rotatable bonds is 0. The second-order valence-electron chi connectivity index (χ2n) is 6.79. The van der Waals surface area contributed by atoms with Crippen LogP contribution >= 0.6 is 0 Å². The first-order valence-electron chi connectivity index (χ1n) is 8.41. The lowest BCUT2D eigenvalue weighted by atomic mass is 10.1. The quantitative estimate of drug-likeness (QED) is 0.422. The van der Waals surface area contributed by atoms with E-state index in [9.17, 15) is 9.59 Å². The van der Waals surface area contributed by atoms with Crippen molar-refractivity contribution < 1.29 is 0 Å². The van der Waals surface area contributed by atoms with Crippen molar-refractivity contribution >= 4 is 43.9 Å². The molecular formula is C21H15N3O2. The van der Waals surface area contributed by atoms with Gasteiger partial charge in [0, 0.05) is 10.8 Å². The molecule has 0 radical (unpaired) electrons. The number of nitrogens with zero attached hydrogens (tertiary/aromatic N) is 1. The van der Waals surface area contributed by atoms with Crippen LogP contribution in [-0.2, 0) is 0 Å². The number of benzene rings is 2. The molecule has 2 aromatic carbocycles. The van der Waals surface area contributed by atoms with Gasteiger partial charge in [-0.25, -0.2) is 4.98 Å². The normalized spacial score (nSPS) is 11.8. The van der Waals surface area contributed by atoms with E-state index in [1.165, 1.54) is 0 Å². The van der Waals surface area contributed by atoms with Gasteiger partial charge in [-0.2, -0.15) is 0 Å². The van der Waals surface area contributed by atoms with Gasteiger partial charge >= 0.3 is 0 Å². The Morgan fingerprint density at radius 2 is 1.12 bits per heavy atom. The number of H-pyrrole nitrogens is 2. The van der Waals surface area contributed by atoms with E-state index in [1.54, 1.807) is 6.07 Å². The lowest BCUT2D eigenvalue weighted by Gasteiger charge is -2.07. The van der Waals surface area contributed by atoms with E-state index in [4.69, 9.17) is 0 Å². The number of aromatic nitrogens is 3. The molecule has 26 heavy (non-hydrogen) atoms. The van der Waals surface area contributed by atoms with Crippen molar-refractivity contribution in [2.75, 3.05) is 0 Å². The molecule has 5 aromatic rings. The summed E-state index contributed by atoms with van der Waals surface area (Å²) in [6, 6.07) is 13.0. The highest BCUT2D eigenvalue weighted by Crippen LogP contribution is 2.20. The van der Waals surface area contributed by atoms with E-state index in [2.05, 4.69) is 15.0 Å². The molecule has 0 saturated carbocycles. The lowest BCUT2D eigenvalue weighted by Crippen LogP contribution is -2.10. The Bertz CT molecular complexity index is 1380. The van der Waals surface area contributed by atoms with Crippen LogP contribution in [0.3, 0.4) is 0 Å². The molecule has 0 aliphatic rings. The molecule has 0 saturated heterocycles. The molecule has 0 bridgehead atoms. The minimum Gasteiger partial charge on any atom is -0.339 e. The van der Waals surface area contributed by atoms with Crippen LogP contribution in [-0.4, -0.2) is 15.0 Å². The Hall–Kier alpha value is -3.47. The number of hydrogen-bond acceptors (Lipinski definition) is 3. The van der Waals surface area contributed by atoms with Crippen LogP contribution in [0, 0.1) is 13.8 Å². The summed E-state index contributed by atoms with van der Waals surface area (Å²) in [6.07, 6.45) is 0. The summed E-state index contributed by atoms with van der Waals surface area (Å²) >= 11 is 0. The highest BCUT2D eigenvalue weighted by molar-refractivity contribution is 5.99. The third kappa shape index (κ3) is 2.00. The first-order valence-corrected chi connectivity index (χ1v) is 8.41. The van der Waals surface area contributed by atoms with Gasteiger partial charge in [-0.1, -0.05) is 23.3 Å². The Kier molecular flexibility index (Phi) is 2.86. The second kappa shape index (κ2) is 5.02. The van der Waals surface area contributed by atoms with Crippen LogP contribution in [0.5, 0.6) is 0 Å². The molecule has 3 heterocycles. The summed E-state index contributed by atoms with van der Waals surface area (Å²) in [4.78, 5) is 36.8. The Morgan fingerprint density at radius 1 is 0.654 bits per heavy atom. The zero-order valence-electron chi connectivity index (χ0n) is 14.3. The zero-order chi connectivity index (χ0) is 18.0. The van der Waals surface area contributed by atoms with Crippen molar-refractivity contribution in [2.24, 2.45) is 0 Å². The molecule has 0 aliphatic heterocycles. The predicted octanol–water partition coefficient (Wildman–Crippen LogP) is 3.69. The summed E-state index contributed by atoms with van der Waals surface area (Å²) < 4.78 is 0. The second-order valence-corrected chi connectivity index (χ2v) is 6.79. The molecule has 0 unspecified atom stereocenters. The highest BCUT2D eigenvalue weighted by atomic mass is 16.1. The van der Waals surface area contributed by atoms with Gasteiger partial charge in [-0.3, -0.25) is 9.59 Å². The van der Waals surface area contributed by atoms with E-state index in [0.29, 0.717) is 32.8 Å². The fourth-order valence-corrected chi connectivity index (χ4v) is 3.51. The average molecular weight is 341 g/mol. The number of nitrogens with one attached hydrogen (secondary N) is 2. The molecule has 0 spiro atoms. The van der Waals surface area contributed by atoms with E-state index in [0.717, 1.165) is 22.2 Å². The molecule has 3 aromatic heterocycles. The summed E-state index contributed by atoms with van der Waals surface area (Å²) in [5.41, 5.74) is 4.20. The molecule has 5 nitrogen and oxygen atoms in total. The van der Waals surface area contributed by atoms with Crippen molar-refractivity contribution in [3.63, 3.8) is 0 Å². The molecule has 0 atom stereocenters. The van der Waals surface area contributed by atoms with E-state index in [-0.39, 0.29) is 10.9 Å². The fraction of sp³-hybridized carbons (Fsp3) is 0.0952. The van der Waals surface area contributed by atoms with Crippen LogP contribution in [0.2, 0.25) is 0 Å². The van der Waals surface area contributed by atoms with Gasteiger partial charge in [0.15, 0.2) is 10.9 Å². The Morgan fingerprint density at radius 3 is 1.58 bits per heavy atom. The molecule has 0 aliphatic carbocycles. The van der Waals surface area contributed by atoms with Crippen molar-refractivity contribution in [3.8, 4) is 0 Å². The third-order valence-electron chi connectivity index (χ3n) is 4.86. The largest absolute Gasteiger partial charge is 0.339 e. The fourth-order valence-electron chi connectivity index (χ4n) is 3.51. The van der Waals surface area contributed by atoms with E-state index < -0.39 is 0 Å². The van der Waals surface area contributed by atoms with Crippen LogP contribution in [0.25, 0.3) is 43.9 Å². The van der Waals surface area contributed by atoms with Crippen LogP contribution in [0.4, 0.5) is 0 Å². The maximum Gasteiger partial charge on any atom is 0.198 e. The predicted molar refractivity (Wildman–Crippen MR) is 105 cm³/mol. The smallest absolute Gasteiger partial charge is 0.198 e. The molecular weight excluding hydrogens is 326 g/mol. The van der Waals surface area contributed by atoms with Crippen molar-refractivity contribution in [1.29, 1.82) is 0 Å². The van der Waals surface area contributed by atoms with Crippen LogP contribution < -0.4 is 10.9 Å². The van der Waals surface area contributed by atoms with Crippen molar-refractivity contribution in [2.45, 2.75) is 13.8 Å². The van der Waals surface area contributed by atoms with Gasteiger partial charge in [0.25, 0.3) is 0 Å². The van der Waals surface area contributed by atoms with Gasteiger partial charge < -0.3 is 9.97 Å². The van der Waals surface area contributed by atoms with Crippen LogP contribution in [0.15, 0.2) is 52.1 Å². The standard InChI is InChI=1S/C21H15N3O2/c1-10-3-5-16-12(7-10)18(25)14-9-15-19(26)13-8-11(2)4-6-17(13)23-21(15)24-20(14)22-16/h3-9H,1-2H3,(H2,22,23,24,25,26). The van der Waals surface area contributed by atoms with E-state index >= 15 is 0 Å². The monoisotopic (exact) mass is 341 g/mol. The average Bonchev–Trinajstić information content (AvgIpc) is 2.62. The zero-order valence-corrected chi connectivity index (χ0v) is 14.3. The van der Waals surface area contributed by atoms with Gasteiger partial charge in [0.05, 0.1) is 21.8 Å². The maximum absolute atomic E-state index is 12.9. The summed E-state index contributed by atoms with van der Waals surface area (Å²) in [7, 11) is 0. The van der Waals surface area contributed by atoms with Crippen molar-refractivity contribution in [1.82, 2.24) is 15.0 Å². The molecule has 0 amide bonds. The van der Waals surface area contributed by atoms with Crippen LogP contribution in [0.1, 0.15) is 11.1 Å².